The van der Waals surface area contributed by atoms with E-state index in [9.17, 15) is 14.7 Å². The molecule has 0 aliphatic heterocycles. The molecule has 11 heteroatoms. The number of nitrogens with zero attached hydrogens (tertiary/aromatic N) is 4. The SMILES string of the molecule is CN(C)CCCCCCNC(=O)c1cccc(Nc2nccc(N(Cc3cc(Cl)ccc3Cl)C(=O)O)n2)c1. The highest BCUT2D eigenvalue weighted by molar-refractivity contribution is 6.33. The first-order valence-electron chi connectivity index (χ1n) is 12.3. The van der Waals surface area contributed by atoms with E-state index in [0.717, 1.165) is 37.1 Å². The van der Waals surface area contributed by atoms with Crippen molar-refractivity contribution in [3.8, 4) is 0 Å². The normalized spacial score (nSPS) is 10.9. The lowest BCUT2D eigenvalue weighted by molar-refractivity contribution is 0.0953. The second-order valence-electron chi connectivity index (χ2n) is 9.02. The number of carbonyl (C=O) groups excluding carboxylic acids is 1. The summed E-state index contributed by atoms with van der Waals surface area (Å²) in [6, 6.07) is 13.3. The van der Waals surface area contributed by atoms with Gasteiger partial charge in [0.1, 0.15) is 5.82 Å². The topological polar surface area (TPSA) is 111 Å². The van der Waals surface area contributed by atoms with E-state index in [1.54, 1.807) is 42.5 Å². The summed E-state index contributed by atoms with van der Waals surface area (Å²) in [5.74, 6) is 0.179. The van der Waals surface area contributed by atoms with E-state index in [-0.39, 0.29) is 24.2 Å². The molecule has 9 nitrogen and oxygen atoms in total. The number of carbonyl (C=O) groups is 2. The number of anilines is 3. The monoisotopic (exact) mass is 558 g/mol. The van der Waals surface area contributed by atoms with E-state index in [2.05, 4.69) is 39.6 Å². The number of halogens is 2. The van der Waals surface area contributed by atoms with E-state index in [0.29, 0.717) is 33.4 Å². The lowest BCUT2D eigenvalue weighted by Crippen LogP contribution is -2.29. The van der Waals surface area contributed by atoms with Crippen molar-refractivity contribution >= 4 is 52.7 Å². The van der Waals surface area contributed by atoms with Gasteiger partial charge in [-0.3, -0.25) is 9.69 Å². The highest BCUT2D eigenvalue weighted by Crippen LogP contribution is 2.25. The van der Waals surface area contributed by atoms with Crippen LogP contribution in [-0.4, -0.2) is 59.2 Å². The zero-order chi connectivity index (χ0) is 27.5. The van der Waals surface area contributed by atoms with Gasteiger partial charge >= 0.3 is 6.09 Å². The smallest absolute Gasteiger partial charge is 0.413 e. The van der Waals surface area contributed by atoms with Crippen molar-refractivity contribution in [3.63, 3.8) is 0 Å². The Morgan fingerprint density at radius 2 is 1.79 bits per heavy atom. The predicted molar refractivity (Wildman–Crippen MR) is 152 cm³/mol. The molecule has 1 aromatic heterocycles. The van der Waals surface area contributed by atoms with Gasteiger partial charge in [-0.1, -0.05) is 42.1 Å². The Morgan fingerprint density at radius 3 is 2.55 bits per heavy atom. The lowest BCUT2D eigenvalue weighted by atomic mass is 10.1. The summed E-state index contributed by atoms with van der Waals surface area (Å²) in [6.07, 6.45) is 4.53. The number of carboxylic acid groups (broad SMARTS) is 1. The number of rotatable bonds is 13. The molecule has 0 saturated heterocycles. The molecule has 0 atom stereocenters. The Labute approximate surface area is 232 Å². The van der Waals surface area contributed by atoms with Gasteiger partial charge in [0.2, 0.25) is 5.95 Å². The van der Waals surface area contributed by atoms with Gasteiger partial charge < -0.3 is 20.6 Å². The molecule has 0 saturated carbocycles. The lowest BCUT2D eigenvalue weighted by Gasteiger charge is -2.19. The Bertz CT molecular complexity index is 1240. The van der Waals surface area contributed by atoms with Crippen LogP contribution in [0.1, 0.15) is 41.6 Å². The molecule has 0 unspecified atom stereocenters. The van der Waals surface area contributed by atoms with Gasteiger partial charge in [0.25, 0.3) is 5.91 Å². The van der Waals surface area contributed by atoms with E-state index in [4.69, 9.17) is 23.2 Å². The van der Waals surface area contributed by atoms with Gasteiger partial charge in [-0.15, -0.1) is 0 Å². The molecule has 3 aromatic rings. The number of amides is 2. The third kappa shape index (κ3) is 9.16. The van der Waals surface area contributed by atoms with Gasteiger partial charge in [-0.05, 0) is 81.5 Å². The molecule has 2 amide bonds. The van der Waals surface area contributed by atoms with Crippen molar-refractivity contribution in [1.82, 2.24) is 20.2 Å². The van der Waals surface area contributed by atoms with Crippen LogP contribution in [0.2, 0.25) is 10.0 Å². The summed E-state index contributed by atoms with van der Waals surface area (Å²) in [7, 11) is 4.13. The zero-order valence-corrected chi connectivity index (χ0v) is 23.0. The van der Waals surface area contributed by atoms with Gasteiger partial charge in [0.05, 0.1) is 6.54 Å². The number of aromatic nitrogens is 2. The largest absolute Gasteiger partial charge is 0.465 e. The summed E-state index contributed by atoms with van der Waals surface area (Å²) in [5.41, 5.74) is 1.64. The minimum absolute atomic E-state index is 0.0452. The second-order valence-corrected chi connectivity index (χ2v) is 9.87. The van der Waals surface area contributed by atoms with Crippen molar-refractivity contribution in [1.29, 1.82) is 0 Å². The minimum Gasteiger partial charge on any atom is -0.465 e. The number of benzene rings is 2. The highest BCUT2D eigenvalue weighted by Gasteiger charge is 2.19. The first-order valence-corrected chi connectivity index (χ1v) is 13.1. The predicted octanol–water partition coefficient (Wildman–Crippen LogP) is 6.06. The van der Waals surface area contributed by atoms with E-state index in [1.165, 1.54) is 12.3 Å². The van der Waals surface area contributed by atoms with Crippen LogP contribution in [0.15, 0.2) is 54.7 Å². The van der Waals surface area contributed by atoms with Crippen LogP contribution in [0.25, 0.3) is 0 Å². The molecule has 0 bridgehead atoms. The number of nitrogens with one attached hydrogen (secondary N) is 2. The molecule has 0 fully saturated rings. The van der Waals surface area contributed by atoms with Crippen LogP contribution < -0.4 is 15.5 Å². The van der Waals surface area contributed by atoms with Crippen molar-refractivity contribution in [2.45, 2.75) is 32.2 Å². The number of hydrogen-bond donors (Lipinski definition) is 3. The van der Waals surface area contributed by atoms with E-state index >= 15 is 0 Å². The van der Waals surface area contributed by atoms with Crippen LogP contribution in [-0.2, 0) is 6.54 Å². The maximum absolute atomic E-state index is 12.6. The maximum atomic E-state index is 12.6. The fourth-order valence-electron chi connectivity index (χ4n) is 3.72. The maximum Gasteiger partial charge on any atom is 0.413 e. The fourth-order valence-corrected chi connectivity index (χ4v) is 4.09. The minimum atomic E-state index is -1.21. The second kappa shape index (κ2) is 14.5. The summed E-state index contributed by atoms with van der Waals surface area (Å²) in [6.45, 7) is 1.64. The summed E-state index contributed by atoms with van der Waals surface area (Å²) in [5, 5.41) is 16.6. The van der Waals surface area contributed by atoms with Crippen molar-refractivity contribution in [2.24, 2.45) is 0 Å². The van der Waals surface area contributed by atoms with Crippen molar-refractivity contribution in [3.05, 3.63) is 75.9 Å². The quantitative estimate of drug-likeness (QED) is 0.218. The molecular formula is C27H32Cl2N6O3. The van der Waals surface area contributed by atoms with Gasteiger partial charge in [-0.2, -0.15) is 4.98 Å². The van der Waals surface area contributed by atoms with E-state index in [1.807, 2.05) is 0 Å². The molecule has 3 rings (SSSR count). The van der Waals surface area contributed by atoms with Gasteiger partial charge in [0.15, 0.2) is 0 Å². The first kappa shape index (κ1) is 29.2. The van der Waals surface area contributed by atoms with Crippen LogP contribution in [0.3, 0.4) is 0 Å². The fraction of sp³-hybridized carbons (Fsp3) is 0.333. The zero-order valence-electron chi connectivity index (χ0n) is 21.5. The Kier molecular flexibility index (Phi) is 11.1. The summed E-state index contributed by atoms with van der Waals surface area (Å²) < 4.78 is 0. The molecular weight excluding hydrogens is 527 g/mol. The molecule has 0 aliphatic carbocycles. The highest BCUT2D eigenvalue weighted by atomic mass is 35.5. The van der Waals surface area contributed by atoms with Crippen LogP contribution >= 0.6 is 23.2 Å². The molecule has 0 radical (unpaired) electrons. The molecule has 38 heavy (non-hydrogen) atoms. The van der Waals surface area contributed by atoms with Crippen LogP contribution in [0, 0.1) is 0 Å². The Balaban J connectivity index is 1.61. The standard InChI is InChI=1S/C27H32Cl2N6O3/c1-34(2)15-6-4-3-5-13-30-25(36)19-8-7-9-22(17-19)32-26-31-14-12-24(33-26)35(27(37)38)18-20-16-21(28)10-11-23(20)29/h7-12,14,16-17H,3-6,13,15,18H2,1-2H3,(H,30,36)(H,37,38)(H,31,32,33). The third-order valence-electron chi connectivity index (χ3n) is 5.68. The van der Waals surface area contributed by atoms with E-state index < -0.39 is 6.09 Å². The first-order chi connectivity index (χ1) is 18.2. The molecule has 1 heterocycles. The van der Waals surface area contributed by atoms with Gasteiger partial charge in [-0.25, -0.2) is 9.78 Å². The summed E-state index contributed by atoms with van der Waals surface area (Å²) >= 11 is 12.3. The van der Waals surface area contributed by atoms with Crippen molar-refractivity contribution in [2.75, 3.05) is 37.4 Å². The van der Waals surface area contributed by atoms with Gasteiger partial charge in [0, 0.05) is 34.0 Å². The molecule has 3 N–H and O–H groups in total. The molecule has 2 aromatic carbocycles. The summed E-state index contributed by atoms with van der Waals surface area (Å²) in [4.78, 5) is 36.4. The Hall–Kier alpha value is -3.40. The molecule has 0 aliphatic rings. The van der Waals surface area contributed by atoms with Crippen LogP contribution in [0.4, 0.5) is 22.2 Å². The third-order valence-corrected chi connectivity index (χ3v) is 6.29. The number of hydrogen-bond acceptors (Lipinski definition) is 6. The van der Waals surface area contributed by atoms with Crippen molar-refractivity contribution < 1.29 is 14.7 Å². The average Bonchev–Trinajstić information content (AvgIpc) is 2.88. The average molecular weight is 559 g/mol. The Morgan fingerprint density at radius 1 is 1.00 bits per heavy atom. The molecule has 0 spiro atoms. The number of unbranched alkanes of at least 4 members (excludes halogenated alkanes) is 3. The molecule has 202 valence electrons. The van der Waals surface area contributed by atoms with Crippen LogP contribution in [0.5, 0.6) is 0 Å².